The van der Waals surface area contributed by atoms with Crippen LogP contribution in [0.25, 0.3) is 0 Å². The van der Waals surface area contributed by atoms with Crippen LogP contribution >= 0.6 is 0 Å². The van der Waals surface area contributed by atoms with Crippen LogP contribution in [0.1, 0.15) is 183 Å². The molecule has 0 saturated carbocycles. The summed E-state index contributed by atoms with van der Waals surface area (Å²) in [6.07, 6.45) is 24.0. The standard InChI is InChI=1S/C11H22O2S.C8H17O.4C4H9.C3H6O2S.2Sn/c1-2-3-4-5-6-7-9-13-11(12)8-10-14;1-2-3-4-5-6-7-8-9;4*1-3-4-2;4-3(5)1-2-6;;/h14H,2-10H2,1H3;2-8H2,1H3;4*1,3-4H2,2H3;6H,1-2H2,(H,4,5);;/q;-1;;;;;;2*+2/p-3. The molecule has 0 amide bonds. The molecule has 0 aromatic heterocycles. The Bertz CT molecular complexity index is 420. The number of unbranched alkanes of at least 4 members (excludes halogenated alkanes) is 14. The van der Waals surface area contributed by atoms with Crippen molar-refractivity contribution < 1.29 is 24.5 Å². The average Bonchev–Trinajstić information content (AvgIpc) is 3.05. The van der Waals surface area contributed by atoms with Gasteiger partial charge in [0.15, 0.2) is 0 Å². The van der Waals surface area contributed by atoms with Gasteiger partial charge >= 0.3 is 53.8 Å². The molecule has 9 heteroatoms. The average molecular weight is 917 g/mol. The molecular weight excluding hydrogens is 838 g/mol. The van der Waals surface area contributed by atoms with Crippen LogP contribution in [-0.2, 0) is 39.6 Å². The van der Waals surface area contributed by atoms with Crippen molar-refractivity contribution in [3.8, 4) is 0 Å². The molecule has 5 nitrogen and oxygen atoms in total. The molecule has 0 unspecified atom stereocenters. The summed E-state index contributed by atoms with van der Waals surface area (Å²) in [7, 11) is 0. The van der Waals surface area contributed by atoms with Gasteiger partial charge in [-0.2, -0.15) is 11.5 Å². The maximum Gasteiger partial charge on any atom is 2.00 e. The van der Waals surface area contributed by atoms with E-state index in [1.165, 1.54) is 83.5 Å². The first-order valence-electron chi connectivity index (χ1n) is 17.9. The third-order valence-corrected chi connectivity index (χ3v) is 5.69. The fraction of sp³-hybridized carbons (Fsp3) is 0.842. The van der Waals surface area contributed by atoms with Gasteiger partial charge in [-0.1, -0.05) is 191 Å². The van der Waals surface area contributed by atoms with Gasteiger partial charge in [0.1, 0.15) is 0 Å². The first kappa shape index (κ1) is 69.9. The number of carbonyl (C=O) groups is 2. The van der Waals surface area contributed by atoms with Crippen LogP contribution in [0.4, 0.5) is 0 Å². The molecule has 0 aromatic rings. The number of carbonyl (C=O) groups excluding carboxylic acids is 2. The second kappa shape index (κ2) is 86.1. The summed E-state index contributed by atoms with van der Waals surface area (Å²) in [6, 6.07) is 0. The van der Waals surface area contributed by atoms with Crippen LogP contribution in [-0.4, -0.2) is 84.5 Å². The summed E-state index contributed by atoms with van der Waals surface area (Å²) in [4.78, 5) is 20.3. The maximum absolute atomic E-state index is 10.9. The zero-order chi connectivity index (χ0) is 36.2. The molecule has 0 heterocycles. The van der Waals surface area contributed by atoms with Crippen molar-refractivity contribution in [2.45, 2.75) is 183 Å². The van der Waals surface area contributed by atoms with E-state index in [1.54, 1.807) is 0 Å². The molecule has 8 radical (unpaired) electrons. The molecule has 0 aliphatic heterocycles. The second-order valence-corrected chi connectivity index (χ2v) is 11.0. The summed E-state index contributed by atoms with van der Waals surface area (Å²) in [5.41, 5.74) is 0. The molecular formula is C38H78O5S2Sn2. The molecule has 0 aliphatic rings. The molecule has 47 heavy (non-hydrogen) atoms. The first-order valence-corrected chi connectivity index (χ1v) is 19.1. The van der Waals surface area contributed by atoms with E-state index < -0.39 is 5.97 Å². The first-order chi connectivity index (χ1) is 21.6. The van der Waals surface area contributed by atoms with E-state index >= 15 is 0 Å². The van der Waals surface area contributed by atoms with E-state index in [-0.39, 0.29) is 72.6 Å². The third kappa shape index (κ3) is 140. The topological polar surface area (TPSA) is 89.5 Å². The zero-order valence-corrected chi connectivity index (χ0v) is 39.4. The molecule has 0 N–H and O–H groups in total. The molecule has 0 saturated heterocycles. The van der Waals surface area contributed by atoms with Gasteiger partial charge in [0, 0.05) is 12.4 Å². The largest absolute Gasteiger partial charge is 2.00 e. The summed E-state index contributed by atoms with van der Waals surface area (Å²) in [6.45, 7) is 28.0. The number of esters is 1. The van der Waals surface area contributed by atoms with Crippen molar-refractivity contribution in [3.05, 3.63) is 27.7 Å². The number of ether oxygens (including phenoxy) is 1. The Morgan fingerprint density at radius 2 is 0.830 bits per heavy atom. The van der Waals surface area contributed by atoms with E-state index in [1.807, 2.05) is 0 Å². The molecule has 0 aliphatic carbocycles. The Labute approximate surface area is 342 Å². The van der Waals surface area contributed by atoms with Crippen LogP contribution in [0, 0.1) is 27.7 Å². The quantitative estimate of drug-likeness (QED) is 0.0492. The second-order valence-electron chi connectivity index (χ2n) is 10.2. The Hall–Kier alpha value is 1.20. The zero-order valence-electron chi connectivity index (χ0n) is 32.1. The summed E-state index contributed by atoms with van der Waals surface area (Å²) >= 11 is 8.98. The molecule has 0 aromatic carbocycles. The number of hydrogen-bond acceptors (Lipinski definition) is 7. The molecule has 0 bridgehead atoms. The third-order valence-electron chi connectivity index (χ3n) is 5.29. The van der Waals surface area contributed by atoms with E-state index in [0.29, 0.717) is 18.8 Å². The Morgan fingerprint density at radius 3 is 1.06 bits per heavy atom. The van der Waals surface area contributed by atoms with Gasteiger partial charge in [0.25, 0.3) is 0 Å². The fourth-order valence-corrected chi connectivity index (χ4v) is 2.52. The molecule has 0 spiro atoms. The van der Waals surface area contributed by atoms with Gasteiger partial charge in [-0.15, -0.1) is 6.61 Å². The number of hydrogen-bond donors (Lipinski definition) is 0. The summed E-state index contributed by atoms with van der Waals surface area (Å²) in [5.74, 6) is -0.490. The Morgan fingerprint density at radius 1 is 0.532 bits per heavy atom. The van der Waals surface area contributed by atoms with E-state index in [4.69, 9.17) is 4.74 Å². The minimum Gasteiger partial charge on any atom is -0.854 e. The van der Waals surface area contributed by atoms with Gasteiger partial charge in [-0.05, 0) is 12.8 Å². The minimum absolute atomic E-state index is 0. The van der Waals surface area contributed by atoms with Gasteiger partial charge in [-0.25, -0.2) is 0 Å². The maximum atomic E-state index is 10.9. The number of rotatable bonds is 21. The van der Waals surface area contributed by atoms with Gasteiger partial charge in [0.05, 0.1) is 6.61 Å². The van der Waals surface area contributed by atoms with E-state index in [9.17, 15) is 19.8 Å². The van der Waals surface area contributed by atoms with Crippen LogP contribution in [0.15, 0.2) is 0 Å². The molecule has 0 atom stereocenters. The number of aliphatic carboxylic acids is 1. The normalized spacial score (nSPS) is 8.53. The molecule has 280 valence electrons. The Kier molecular flexibility index (Phi) is 128. The summed E-state index contributed by atoms with van der Waals surface area (Å²) in [5, 5.41) is 19.4. The van der Waals surface area contributed by atoms with Gasteiger partial charge in [0.2, 0.25) is 0 Å². The van der Waals surface area contributed by atoms with Crippen molar-refractivity contribution in [2.24, 2.45) is 0 Å². The molecule has 0 rings (SSSR count). The summed E-state index contributed by atoms with van der Waals surface area (Å²) < 4.78 is 4.98. The fourth-order valence-electron chi connectivity index (χ4n) is 2.19. The van der Waals surface area contributed by atoms with Crippen molar-refractivity contribution >= 4 is 85.0 Å². The number of carboxylic acids is 1. The molecule has 0 fully saturated rings. The minimum atomic E-state index is -1.06. The van der Waals surface area contributed by atoms with Crippen molar-refractivity contribution in [1.29, 1.82) is 0 Å². The number of carboxylic acid groups (broad SMARTS) is 1. The van der Waals surface area contributed by atoms with Crippen molar-refractivity contribution in [3.63, 3.8) is 0 Å². The van der Waals surface area contributed by atoms with Crippen LogP contribution in [0.5, 0.6) is 0 Å². The van der Waals surface area contributed by atoms with Crippen molar-refractivity contribution in [1.82, 2.24) is 0 Å². The van der Waals surface area contributed by atoms with Crippen LogP contribution in [0.3, 0.4) is 0 Å². The smallest absolute Gasteiger partial charge is 0.854 e. The monoisotopic (exact) mass is 918 g/mol. The predicted octanol–water partition coefficient (Wildman–Crippen LogP) is 8.93. The van der Waals surface area contributed by atoms with E-state index in [0.717, 1.165) is 44.9 Å². The SMILES string of the molecule is CCCCCCCCOC(=O)CC[S-].CCCCCCCC[O-].O=C([O-])CC[S-].[CH2]CCC.[CH2]CCC.[CH2]CCC.[CH2]CCC.[Sn+2].[Sn+2]. The van der Waals surface area contributed by atoms with Crippen LogP contribution in [0.2, 0.25) is 0 Å². The van der Waals surface area contributed by atoms with Crippen LogP contribution < -0.4 is 10.2 Å². The van der Waals surface area contributed by atoms with Gasteiger partial charge < -0.3 is 45.0 Å². The van der Waals surface area contributed by atoms with Crippen molar-refractivity contribution in [2.75, 3.05) is 24.7 Å². The van der Waals surface area contributed by atoms with E-state index in [2.05, 4.69) is 94.5 Å². The Balaban J connectivity index is -0.0000000546. The predicted molar refractivity (Wildman–Crippen MR) is 214 cm³/mol. The van der Waals surface area contributed by atoms with Gasteiger partial charge in [-0.3, -0.25) is 4.79 Å².